The molecule has 4 rings (SSSR count). The smallest absolute Gasteiger partial charge is 0.330 e. The zero-order valence-electron chi connectivity index (χ0n) is 18.2. The van der Waals surface area contributed by atoms with Gasteiger partial charge >= 0.3 is 5.69 Å². The van der Waals surface area contributed by atoms with Crippen LogP contribution >= 0.6 is 0 Å². The zero-order valence-corrected chi connectivity index (χ0v) is 18.2. The fourth-order valence-electron chi connectivity index (χ4n) is 3.83. The highest BCUT2D eigenvalue weighted by Crippen LogP contribution is 2.17. The summed E-state index contributed by atoms with van der Waals surface area (Å²) in [5, 5.41) is 18.8. The van der Waals surface area contributed by atoms with E-state index in [4.69, 9.17) is 0 Å². The summed E-state index contributed by atoms with van der Waals surface area (Å²) in [5.74, 6) is 0.595. The Bertz CT molecular complexity index is 1320. The number of imidazole rings is 1. The lowest BCUT2D eigenvalue weighted by atomic mass is 10.1. The van der Waals surface area contributed by atoms with Crippen molar-refractivity contribution in [2.45, 2.75) is 58.8 Å². The van der Waals surface area contributed by atoms with E-state index in [1.54, 1.807) is 15.4 Å². The van der Waals surface area contributed by atoms with E-state index in [0.29, 0.717) is 42.2 Å². The van der Waals surface area contributed by atoms with Crippen LogP contribution in [0.1, 0.15) is 49.9 Å². The number of aromatic amines is 1. The van der Waals surface area contributed by atoms with Crippen LogP contribution in [0.5, 0.6) is 0 Å². The molecule has 3 aromatic heterocycles. The van der Waals surface area contributed by atoms with Crippen molar-refractivity contribution in [2.75, 3.05) is 0 Å². The number of hydrogen-bond acceptors (Lipinski definition) is 6. The lowest BCUT2D eigenvalue weighted by Gasteiger charge is -2.07. The minimum atomic E-state index is -0.779. The number of benzene rings is 1. The Hall–Kier alpha value is -3.53. The monoisotopic (exact) mass is 437 g/mol. The number of aliphatic hydroxyl groups excluding tert-OH is 1. The minimum Gasteiger partial charge on any atom is -0.386 e. The molecule has 0 fully saturated rings. The molecule has 0 saturated carbocycles. The van der Waals surface area contributed by atoms with Crippen LogP contribution in [0.15, 0.2) is 46.1 Å². The molecule has 2 N–H and O–H groups in total. The number of nitrogens with one attached hydrogen (secondary N) is 1. The highest BCUT2D eigenvalue weighted by molar-refractivity contribution is 5.71. The van der Waals surface area contributed by atoms with Gasteiger partial charge in [0.15, 0.2) is 11.2 Å². The SMILES string of the molecule is CCCCn1c(=O)[nH]c(=O)c2c1nc(Cn1cc(C(O)Cc3ccccc3)nn1)n2CC. The first kappa shape index (κ1) is 21.7. The van der Waals surface area contributed by atoms with E-state index < -0.39 is 17.4 Å². The minimum absolute atomic E-state index is 0.259. The Labute approximate surface area is 184 Å². The van der Waals surface area contributed by atoms with Gasteiger partial charge in [-0.1, -0.05) is 48.9 Å². The predicted octanol–water partition coefficient (Wildman–Crippen LogP) is 1.62. The second-order valence-corrected chi connectivity index (χ2v) is 7.76. The Kier molecular flexibility index (Phi) is 6.31. The normalized spacial score (nSPS) is 12.5. The van der Waals surface area contributed by atoms with Crippen molar-refractivity contribution in [3.63, 3.8) is 0 Å². The molecule has 1 atom stereocenters. The summed E-state index contributed by atoms with van der Waals surface area (Å²) in [6.45, 7) is 5.22. The molecule has 0 radical (unpaired) electrons. The summed E-state index contributed by atoms with van der Waals surface area (Å²) in [7, 11) is 0. The van der Waals surface area contributed by atoms with E-state index in [1.807, 2.05) is 44.2 Å². The summed E-state index contributed by atoms with van der Waals surface area (Å²) in [4.78, 5) is 31.9. The van der Waals surface area contributed by atoms with Gasteiger partial charge in [0.25, 0.3) is 5.56 Å². The number of fused-ring (bicyclic) bond motifs is 1. The highest BCUT2D eigenvalue weighted by Gasteiger charge is 2.19. The Balaban J connectivity index is 1.64. The molecule has 1 unspecified atom stereocenters. The number of aryl methyl sites for hydroxylation is 2. The first-order valence-electron chi connectivity index (χ1n) is 10.9. The van der Waals surface area contributed by atoms with Crippen LogP contribution in [0.25, 0.3) is 11.2 Å². The van der Waals surface area contributed by atoms with Crippen molar-refractivity contribution in [1.82, 2.24) is 34.1 Å². The van der Waals surface area contributed by atoms with Crippen molar-refractivity contribution in [1.29, 1.82) is 0 Å². The fraction of sp³-hybridized carbons (Fsp3) is 0.409. The Morgan fingerprint density at radius 3 is 2.62 bits per heavy atom. The highest BCUT2D eigenvalue weighted by atomic mass is 16.3. The van der Waals surface area contributed by atoms with Gasteiger partial charge in [0.1, 0.15) is 24.2 Å². The molecule has 4 aromatic rings. The Morgan fingerprint density at radius 1 is 1.12 bits per heavy atom. The van der Waals surface area contributed by atoms with Crippen molar-refractivity contribution in [3.05, 3.63) is 74.4 Å². The lowest BCUT2D eigenvalue weighted by molar-refractivity contribution is 0.173. The third-order valence-electron chi connectivity index (χ3n) is 5.49. The van der Waals surface area contributed by atoms with Crippen LogP contribution in [-0.4, -0.2) is 39.2 Å². The van der Waals surface area contributed by atoms with Crippen molar-refractivity contribution >= 4 is 11.2 Å². The van der Waals surface area contributed by atoms with Gasteiger partial charge in [-0.3, -0.25) is 14.3 Å². The molecule has 168 valence electrons. The second-order valence-electron chi connectivity index (χ2n) is 7.76. The standard InChI is InChI=1S/C22H27N7O3/c1-3-5-11-29-20-19(21(31)24-22(29)32)28(4-2)18(23-20)14-27-13-16(25-26-27)17(30)12-15-9-7-6-8-10-15/h6-10,13,17,30H,3-5,11-12,14H2,1-2H3,(H,24,31,32). The molecule has 0 aliphatic rings. The van der Waals surface area contributed by atoms with Crippen molar-refractivity contribution in [3.8, 4) is 0 Å². The number of aromatic nitrogens is 7. The van der Waals surface area contributed by atoms with Crippen LogP contribution in [0.3, 0.4) is 0 Å². The maximum atomic E-state index is 12.5. The molecular formula is C22H27N7O3. The first-order chi connectivity index (χ1) is 15.5. The zero-order chi connectivity index (χ0) is 22.7. The van der Waals surface area contributed by atoms with E-state index in [2.05, 4.69) is 20.3 Å². The van der Waals surface area contributed by atoms with Gasteiger partial charge in [-0.25, -0.2) is 14.5 Å². The molecule has 10 heteroatoms. The molecule has 1 aromatic carbocycles. The van der Waals surface area contributed by atoms with Crippen LogP contribution < -0.4 is 11.2 Å². The van der Waals surface area contributed by atoms with Crippen LogP contribution in [-0.2, 0) is 26.1 Å². The summed E-state index contributed by atoms with van der Waals surface area (Å²) < 4.78 is 4.89. The maximum absolute atomic E-state index is 12.5. The van der Waals surface area contributed by atoms with Crippen molar-refractivity contribution < 1.29 is 5.11 Å². The molecule has 0 amide bonds. The third kappa shape index (κ3) is 4.26. The number of nitrogens with zero attached hydrogens (tertiary/aromatic N) is 6. The lowest BCUT2D eigenvalue weighted by Crippen LogP contribution is -2.31. The summed E-state index contributed by atoms with van der Waals surface area (Å²) in [6.07, 6.45) is 3.06. The molecule has 10 nitrogen and oxygen atoms in total. The van der Waals surface area contributed by atoms with Gasteiger partial charge in [0.05, 0.1) is 6.20 Å². The topological polar surface area (TPSA) is 124 Å². The third-order valence-corrected chi connectivity index (χ3v) is 5.49. The van der Waals surface area contributed by atoms with Gasteiger partial charge in [0.2, 0.25) is 0 Å². The van der Waals surface area contributed by atoms with Crippen LogP contribution in [0.4, 0.5) is 0 Å². The molecule has 0 saturated heterocycles. The molecule has 0 bridgehead atoms. The van der Waals surface area contributed by atoms with Gasteiger partial charge < -0.3 is 9.67 Å². The molecule has 0 spiro atoms. The first-order valence-corrected chi connectivity index (χ1v) is 10.9. The van der Waals surface area contributed by atoms with Gasteiger partial charge in [-0.2, -0.15) is 0 Å². The molecular weight excluding hydrogens is 410 g/mol. The quantitative estimate of drug-likeness (QED) is 0.410. The van der Waals surface area contributed by atoms with E-state index >= 15 is 0 Å². The van der Waals surface area contributed by atoms with Crippen molar-refractivity contribution in [2.24, 2.45) is 0 Å². The number of rotatable bonds is 9. The molecule has 32 heavy (non-hydrogen) atoms. The average molecular weight is 438 g/mol. The fourth-order valence-corrected chi connectivity index (χ4v) is 3.83. The van der Waals surface area contributed by atoms with Crippen LogP contribution in [0.2, 0.25) is 0 Å². The molecule has 3 heterocycles. The van der Waals surface area contributed by atoms with Gasteiger partial charge in [-0.05, 0) is 18.9 Å². The van der Waals surface area contributed by atoms with E-state index in [1.165, 1.54) is 4.57 Å². The van der Waals surface area contributed by atoms with Crippen LogP contribution in [0, 0.1) is 0 Å². The maximum Gasteiger partial charge on any atom is 0.330 e. The second kappa shape index (κ2) is 9.31. The van der Waals surface area contributed by atoms with E-state index in [9.17, 15) is 14.7 Å². The van der Waals surface area contributed by atoms with Gasteiger partial charge in [-0.15, -0.1) is 5.10 Å². The Morgan fingerprint density at radius 2 is 1.91 bits per heavy atom. The summed E-state index contributed by atoms with van der Waals surface area (Å²) in [6, 6.07) is 9.68. The molecule has 0 aliphatic carbocycles. The predicted molar refractivity (Wildman–Crippen MR) is 119 cm³/mol. The van der Waals surface area contributed by atoms with E-state index in [-0.39, 0.29) is 6.54 Å². The number of aliphatic hydroxyl groups is 1. The number of H-pyrrole nitrogens is 1. The average Bonchev–Trinajstić information content (AvgIpc) is 3.39. The number of hydrogen-bond donors (Lipinski definition) is 2. The largest absolute Gasteiger partial charge is 0.386 e. The summed E-state index contributed by atoms with van der Waals surface area (Å²) in [5.41, 5.74) is 1.33. The van der Waals surface area contributed by atoms with Gasteiger partial charge in [0, 0.05) is 19.5 Å². The summed E-state index contributed by atoms with van der Waals surface area (Å²) >= 11 is 0. The molecule has 0 aliphatic heterocycles. The van der Waals surface area contributed by atoms with E-state index in [0.717, 1.165) is 18.4 Å². The number of unbranched alkanes of at least 4 members (excludes halogenated alkanes) is 1.